The third kappa shape index (κ3) is 6.01. The first-order valence-electron chi connectivity index (χ1n) is 6.83. The number of hydrogen-bond acceptors (Lipinski definition) is 4. The molecule has 1 aliphatic rings. The number of aliphatic imine (C=N–C) groups is 1. The van der Waals surface area contributed by atoms with E-state index in [1.807, 2.05) is 20.8 Å². The highest BCUT2D eigenvalue weighted by Crippen LogP contribution is 2.34. The van der Waals surface area contributed by atoms with E-state index in [0.717, 1.165) is 19.3 Å². The molecule has 0 amide bonds. The zero-order chi connectivity index (χ0) is 14.4. The molecular weight excluding hydrogens is 242 g/mol. The Morgan fingerprint density at radius 1 is 1.47 bits per heavy atom. The van der Waals surface area contributed by atoms with Crippen molar-refractivity contribution in [2.24, 2.45) is 10.4 Å². The minimum absolute atomic E-state index is 0.0502. The third-order valence-electron chi connectivity index (χ3n) is 3.19. The highest BCUT2D eigenvalue weighted by atomic mass is 16.6. The quantitative estimate of drug-likeness (QED) is 0.473. The Labute approximate surface area is 115 Å². The SMILES string of the molecule is CC(C)(C)OC(=O)C/N=C/CC1(CO)CC=CCC1. The van der Waals surface area contributed by atoms with Gasteiger partial charge in [0.05, 0.1) is 0 Å². The van der Waals surface area contributed by atoms with E-state index >= 15 is 0 Å². The molecular formula is C15H25NO3. The Bertz CT molecular complexity index is 355. The first-order chi connectivity index (χ1) is 8.87. The lowest BCUT2D eigenvalue weighted by Crippen LogP contribution is -2.27. The molecule has 1 atom stereocenters. The largest absolute Gasteiger partial charge is 0.459 e. The molecule has 0 fully saturated rings. The average Bonchev–Trinajstić information content (AvgIpc) is 2.34. The molecule has 0 saturated heterocycles. The topological polar surface area (TPSA) is 58.9 Å². The van der Waals surface area contributed by atoms with Gasteiger partial charge in [0.2, 0.25) is 0 Å². The highest BCUT2D eigenvalue weighted by Gasteiger charge is 2.28. The van der Waals surface area contributed by atoms with Crippen molar-refractivity contribution in [1.29, 1.82) is 0 Å². The predicted octanol–water partition coefficient (Wildman–Crippen LogP) is 2.51. The van der Waals surface area contributed by atoms with Crippen molar-refractivity contribution in [3.05, 3.63) is 12.2 Å². The van der Waals surface area contributed by atoms with Crippen molar-refractivity contribution in [2.45, 2.75) is 52.1 Å². The van der Waals surface area contributed by atoms with E-state index in [9.17, 15) is 9.90 Å². The summed E-state index contributed by atoms with van der Waals surface area (Å²) in [6, 6.07) is 0. The second-order valence-corrected chi connectivity index (χ2v) is 6.19. The molecule has 0 aliphatic heterocycles. The maximum Gasteiger partial charge on any atom is 0.328 e. The lowest BCUT2D eigenvalue weighted by molar-refractivity contribution is -0.152. The van der Waals surface area contributed by atoms with E-state index in [4.69, 9.17) is 4.74 Å². The van der Waals surface area contributed by atoms with E-state index in [2.05, 4.69) is 17.1 Å². The first kappa shape index (κ1) is 15.9. The van der Waals surface area contributed by atoms with Gasteiger partial charge in [-0.2, -0.15) is 0 Å². The summed E-state index contributed by atoms with van der Waals surface area (Å²) in [5, 5.41) is 9.52. The van der Waals surface area contributed by atoms with Crippen LogP contribution in [0.25, 0.3) is 0 Å². The Kier molecular flexibility index (Phi) is 5.73. The number of carbonyl (C=O) groups is 1. The summed E-state index contributed by atoms with van der Waals surface area (Å²) in [7, 11) is 0. The van der Waals surface area contributed by atoms with E-state index < -0.39 is 5.60 Å². The first-order valence-corrected chi connectivity index (χ1v) is 6.83. The molecule has 4 nitrogen and oxygen atoms in total. The fourth-order valence-electron chi connectivity index (χ4n) is 2.11. The van der Waals surface area contributed by atoms with Crippen LogP contribution in [-0.4, -0.2) is 36.0 Å². The molecule has 0 aromatic heterocycles. The van der Waals surface area contributed by atoms with Crippen molar-refractivity contribution in [3.8, 4) is 0 Å². The van der Waals surface area contributed by atoms with Crippen molar-refractivity contribution in [1.82, 2.24) is 0 Å². The Morgan fingerprint density at radius 2 is 2.21 bits per heavy atom. The van der Waals surface area contributed by atoms with Crippen LogP contribution in [0.4, 0.5) is 0 Å². The second-order valence-electron chi connectivity index (χ2n) is 6.19. The van der Waals surface area contributed by atoms with Crippen LogP contribution >= 0.6 is 0 Å². The molecule has 1 unspecified atom stereocenters. The van der Waals surface area contributed by atoms with Crippen molar-refractivity contribution in [2.75, 3.05) is 13.2 Å². The van der Waals surface area contributed by atoms with Gasteiger partial charge in [0.1, 0.15) is 12.1 Å². The van der Waals surface area contributed by atoms with E-state index in [1.165, 1.54) is 0 Å². The standard InChI is InChI=1S/C15H25NO3/c1-14(2,3)19-13(18)11-16-10-9-15(12-17)7-5-4-6-8-15/h4-5,10,17H,6-9,11-12H2,1-3H3/b16-10+. The van der Waals surface area contributed by atoms with Gasteiger partial charge in [-0.3, -0.25) is 9.79 Å². The summed E-state index contributed by atoms with van der Waals surface area (Å²) in [4.78, 5) is 15.6. The lowest BCUT2D eigenvalue weighted by Gasteiger charge is -2.31. The molecule has 4 heteroatoms. The van der Waals surface area contributed by atoms with Gasteiger partial charge in [-0.25, -0.2) is 0 Å². The Hall–Kier alpha value is -1.16. The van der Waals surface area contributed by atoms with Gasteiger partial charge in [-0.1, -0.05) is 12.2 Å². The summed E-state index contributed by atoms with van der Waals surface area (Å²) in [5.41, 5.74) is -0.556. The number of carbonyl (C=O) groups excluding carboxylic acids is 1. The number of esters is 1. The number of hydrogen-bond donors (Lipinski definition) is 1. The van der Waals surface area contributed by atoms with Crippen LogP contribution in [0.1, 0.15) is 46.5 Å². The minimum Gasteiger partial charge on any atom is -0.459 e. The van der Waals surface area contributed by atoms with Gasteiger partial charge in [-0.05, 0) is 46.5 Å². The second kappa shape index (κ2) is 6.85. The number of aliphatic hydroxyl groups excluding tert-OH is 1. The molecule has 0 aromatic carbocycles. The van der Waals surface area contributed by atoms with Crippen LogP contribution in [-0.2, 0) is 9.53 Å². The maximum atomic E-state index is 11.5. The number of allylic oxidation sites excluding steroid dienone is 2. The van der Waals surface area contributed by atoms with Crippen LogP contribution in [0.3, 0.4) is 0 Å². The number of rotatable bonds is 5. The Morgan fingerprint density at radius 3 is 2.74 bits per heavy atom. The number of aliphatic hydroxyl groups is 1. The van der Waals surface area contributed by atoms with Crippen LogP contribution in [0, 0.1) is 5.41 Å². The van der Waals surface area contributed by atoms with Gasteiger partial charge in [0, 0.05) is 18.2 Å². The summed E-state index contributed by atoms with van der Waals surface area (Å²) >= 11 is 0. The van der Waals surface area contributed by atoms with Crippen LogP contribution in [0.5, 0.6) is 0 Å². The zero-order valence-corrected chi connectivity index (χ0v) is 12.2. The fourth-order valence-corrected chi connectivity index (χ4v) is 2.11. The van der Waals surface area contributed by atoms with Gasteiger partial charge >= 0.3 is 5.97 Å². The monoisotopic (exact) mass is 267 g/mol. The molecule has 19 heavy (non-hydrogen) atoms. The zero-order valence-electron chi connectivity index (χ0n) is 12.2. The van der Waals surface area contributed by atoms with Gasteiger partial charge in [-0.15, -0.1) is 0 Å². The normalized spacial score (nSPS) is 23.8. The summed E-state index contributed by atoms with van der Waals surface area (Å²) in [6.45, 7) is 5.72. The van der Waals surface area contributed by atoms with Crippen LogP contribution in [0.2, 0.25) is 0 Å². The Balaban J connectivity index is 2.37. The number of ether oxygens (including phenoxy) is 1. The molecule has 0 saturated carbocycles. The van der Waals surface area contributed by atoms with E-state index in [1.54, 1.807) is 6.21 Å². The molecule has 1 rings (SSSR count). The molecule has 0 aromatic rings. The molecule has 108 valence electrons. The number of nitrogens with zero attached hydrogens (tertiary/aromatic N) is 1. The molecule has 0 spiro atoms. The third-order valence-corrected chi connectivity index (χ3v) is 3.19. The van der Waals surface area contributed by atoms with E-state index in [0.29, 0.717) is 6.42 Å². The molecule has 0 bridgehead atoms. The average molecular weight is 267 g/mol. The predicted molar refractivity (Wildman–Crippen MR) is 76.3 cm³/mol. The molecule has 0 heterocycles. The van der Waals surface area contributed by atoms with Crippen molar-refractivity contribution >= 4 is 12.2 Å². The van der Waals surface area contributed by atoms with Crippen molar-refractivity contribution < 1.29 is 14.6 Å². The van der Waals surface area contributed by atoms with Gasteiger partial charge in [0.15, 0.2) is 0 Å². The summed E-state index contributed by atoms with van der Waals surface area (Å²) in [5.74, 6) is -0.315. The van der Waals surface area contributed by atoms with Crippen LogP contribution in [0.15, 0.2) is 17.1 Å². The molecule has 1 N–H and O–H groups in total. The van der Waals surface area contributed by atoms with Gasteiger partial charge < -0.3 is 9.84 Å². The molecule has 1 aliphatic carbocycles. The van der Waals surface area contributed by atoms with Gasteiger partial charge in [0.25, 0.3) is 0 Å². The molecule has 0 radical (unpaired) electrons. The minimum atomic E-state index is -0.465. The lowest BCUT2D eigenvalue weighted by atomic mass is 9.75. The fraction of sp³-hybridized carbons (Fsp3) is 0.733. The summed E-state index contributed by atoms with van der Waals surface area (Å²) in [6.07, 6.45) is 9.56. The summed E-state index contributed by atoms with van der Waals surface area (Å²) < 4.78 is 5.17. The van der Waals surface area contributed by atoms with Crippen molar-refractivity contribution in [3.63, 3.8) is 0 Å². The van der Waals surface area contributed by atoms with Crippen LogP contribution < -0.4 is 0 Å². The maximum absolute atomic E-state index is 11.5. The smallest absolute Gasteiger partial charge is 0.328 e. The van der Waals surface area contributed by atoms with E-state index in [-0.39, 0.29) is 24.5 Å². The highest BCUT2D eigenvalue weighted by molar-refractivity contribution is 5.74.